The number of carbonyl (C=O) groups is 1. The Morgan fingerprint density at radius 3 is 2.71 bits per heavy atom. The third kappa shape index (κ3) is 2.06. The molecule has 116 valence electrons. The predicted molar refractivity (Wildman–Crippen MR) is 90.2 cm³/mol. The summed E-state index contributed by atoms with van der Waals surface area (Å²) in [7, 11) is 0. The molecule has 0 spiro atoms. The number of hydrogen-bond acceptors (Lipinski definition) is 4. The van der Waals surface area contributed by atoms with E-state index < -0.39 is 5.97 Å². The molecule has 5 heteroatoms. The van der Waals surface area contributed by atoms with Crippen LogP contribution < -0.4 is 5.43 Å². The number of hydrogen-bond donors (Lipinski definition) is 1. The number of fused-ring (bicyclic) bond motifs is 3. The van der Waals surface area contributed by atoms with Crippen LogP contribution >= 0.6 is 0 Å². The average Bonchev–Trinajstić information content (AvgIpc) is 2.61. The van der Waals surface area contributed by atoms with Gasteiger partial charge in [-0.3, -0.25) is 9.78 Å². The van der Waals surface area contributed by atoms with Crippen molar-refractivity contribution in [2.24, 2.45) is 0 Å². The van der Waals surface area contributed by atoms with E-state index in [0.717, 1.165) is 10.8 Å². The van der Waals surface area contributed by atoms with Crippen molar-refractivity contribution in [2.75, 3.05) is 0 Å². The summed E-state index contributed by atoms with van der Waals surface area (Å²) in [6, 6.07) is 14.0. The highest BCUT2D eigenvalue weighted by atomic mass is 16.4. The van der Waals surface area contributed by atoms with Gasteiger partial charge in [0, 0.05) is 6.20 Å². The maximum Gasteiger partial charge on any atom is 0.337 e. The SMILES string of the molecule is O=C(O)c1cccnc1-c1coc2ccc3ccccc3c2c1=O. The van der Waals surface area contributed by atoms with E-state index in [9.17, 15) is 14.7 Å². The average molecular weight is 317 g/mol. The molecular weight excluding hydrogens is 306 g/mol. The van der Waals surface area contributed by atoms with Gasteiger partial charge in [-0.2, -0.15) is 0 Å². The standard InChI is InChI=1S/C19H11NO4/c21-18-14(17-13(19(22)23)6-3-9-20-17)10-24-15-8-7-11-4-1-2-5-12(11)16(15)18/h1-10H,(H,22,23). The minimum atomic E-state index is -1.14. The van der Waals surface area contributed by atoms with Crippen LogP contribution in [0.3, 0.4) is 0 Å². The molecule has 4 aromatic rings. The lowest BCUT2D eigenvalue weighted by atomic mass is 10.0. The monoisotopic (exact) mass is 317 g/mol. The fraction of sp³-hybridized carbons (Fsp3) is 0. The second-order valence-corrected chi connectivity index (χ2v) is 5.34. The fourth-order valence-corrected chi connectivity index (χ4v) is 2.85. The summed E-state index contributed by atoms with van der Waals surface area (Å²) < 4.78 is 5.59. The van der Waals surface area contributed by atoms with Crippen LogP contribution in [0.25, 0.3) is 33.0 Å². The summed E-state index contributed by atoms with van der Waals surface area (Å²) in [5, 5.41) is 11.4. The first-order valence-electron chi connectivity index (χ1n) is 7.29. The van der Waals surface area contributed by atoms with E-state index in [0.29, 0.717) is 11.0 Å². The zero-order valence-electron chi connectivity index (χ0n) is 12.4. The van der Waals surface area contributed by atoms with E-state index in [1.54, 1.807) is 6.07 Å². The summed E-state index contributed by atoms with van der Waals surface area (Å²) in [4.78, 5) is 28.5. The third-order valence-corrected chi connectivity index (χ3v) is 3.96. The number of aromatic nitrogens is 1. The molecule has 24 heavy (non-hydrogen) atoms. The van der Waals surface area contributed by atoms with Crippen LogP contribution in [0.5, 0.6) is 0 Å². The van der Waals surface area contributed by atoms with Crippen LogP contribution in [0.4, 0.5) is 0 Å². The Hall–Kier alpha value is -3.47. The molecule has 0 aliphatic carbocycles. The summed E-state index contributed by atoms with van der Waals surface area (Å²) in [6.07, 6.45) is 2.72. The number of rotatable bonds is 2. The van der Waals surface area contributed by atoms with Gasteiger partial charge in [0.1, 0.15) is 11.8 Å². The molecular formula is C19H11NO4. The minimum Gasteiger partial charge on any atom is -0.478 e. The Bertz CT molecular complexity index is 1160. The highest BCUT2D eigenvalue weighted by Crippen LogP contribution is 2.26. The molecule has 0 aliphatic heterocycles. The van der Waals surface area contributed by atoms with Gasteiger partial charge < -0.3 is 9.52 Å². The molecule has 2 aromatic heterocycles. The van der Waals surface area contributed by atoms with Gasteiger partial charge in [0.2, 0.25) is 5.43 Å². The molecule has 0 radical (unpaired) electrons. The van der Waals surface area contributed by atoms with Gasteiger partial charge in [-0.25, -0.2) is 4.79 Å². The minimum absolute atomic E-state index is 0.0376. The number of carboxylic acid groups (broad SMARTS) is 1. The van der Waals surface area contributed by atoms with E-state index in [2.05, 4.69) is 4.98 Å². The van der Waals surface area contributed by atoms with Crippen molar-refractivity contribution in [1.29, 1.82) is 0 Å². The molecule has 1 N–H and O–H groups in total. The predicted octanol–water partition coefficient (Wildman–Crippen LogP) is 3.71. The molecule has 2 heterocycles. The first-order chi connectivity index (χ1) is 11.7. The lowest BCUT2D eigenvalue weighted by Crippen LogP contribution is -2.10. The molecule has 0 saturated heterocycles. The maximum atomic E-state index is 13.0. The number of nitrogens with zero attached hydrogens (tertiary/aromatic N) is 1. The second-order valence-electron chi connectivity index (χ2n) is 5.34. The van der Waals surface area contributed by atoms with Gasteiger partial charge in [0.25, 0.3) is 0 Å². The van der Waals surface area contributed by atoms with Crippen LogP contribution in [0.2, 0.25) is 0 Å². The maximum absolute atomic E-state index is 13.0. The number of carboxylic acids is 1. The smallest absolute Gasteiger partial charge is 0.337 e. The van der Waals surface area contributed by atoms with E-state index in [1.807, 2.05) is 30.3 Å². The van der Waals surface area contributed by atoms with Crippen LogP contribution in [0.15, 0.2) is 70.2 Å². The zero-order valence-corrected chi connectivity index (χ0v) is 12.4. The van der Waals surface area contributed by atoms with Gasteiger partial charge in [0.15, 0.2) is 0 Å². The lowest BCUT2D eigenvalue weighted by Gasteiger charge is -2.07. The molecule has 0 fully saturated rings. The topological polar surface area (TPSA) is 80.4 Å². The summed E-state index contributed by atoms with van der Waals surface area (Å²) in [5.74, 6) is -1.14. The largest absolute Gasteiger partial charge is 0.478 e. The summed E-state index contributed by atoms with van der Waals surface area (Å²) >= 11 is 0. The number of aromatic carboxylic acids is 1. The van der Waals surface area contributed by atoms with E-state index in [4.69, 9.17) is 4.42 Å². The Morgan fingerprint density at radius 1 is 1.04 bits per heavy atom. The normalized spacial score (nSPS) is 11.0. The molecule has 0 aliphatic rings. The van der Waals surface area contributed by atoms with Crippen molar-refractivity contribution in [1.82, 2.24) is 4.98 Å². The summed E-state index contributed by atoms with van der Waals surface area (Å²) in [5.41, 5.74) is 0.360. The van der Waals surface area contributed by atoms with Crippen molar-refractivity contribution in [3.8, 4) is 11.3 Å². The van der Waals surface area contributed by atoms with Crippen LogP contribution in [-0.4, -0.2) is 16.1 Å². The van der Waals surface area contributed by atoms with E-state index >= 15 is 0 Å². The zero-order chi connectivity index (χ0) is 16.7. The molecule has 4 rings (SSSR count). The van der Waals surface area contributed by atoms with Crippen molar-refractivity contribution in [3.63, 3.8) is 0 Å². The van der Waals surface area contributed by atoms with Crippen LogP contribution in [0, 0.1) is 0 Å². The number of benzene rings is 2. The fourth-order valence-electron chi connectivity index (χ4n) is 2.85. The Balaban J connectivity index is 2.13. The Kier molecular flexibility index (Phi) is 3.13. The van der Waals surface area contributed by atoms with Crippen molar-refractivity contribution < 1.29 is 14.3 Å². The molecule has 0 atom stereocenters. The van der Waals surface area contributed by atoms with Gasteiger partial charge in [-0.05, 0) is 29.0 Å². The van der Waals surface area contributed by atoms with Gasteiger partial charge in [-0.15, -0.1) is 0 Å². The molecule has 0 saturated carbocycles. The van der Waals surface area contributed by atoms with E-state index in [1.165, 1.54) is 24.6 Å². The van der Waals surface area contributed by atoms with E-state index in [-0.39, 0.29) is 22.2 Å². The second kappa shape index (κ2) is 5.31. The number of pyridine rings is 1. The third-order valence-electron chi connectivity index (χ3n) is 3.96. The molecule has 0 unspecified atom stereocenters. The Morgan fingerprint density at radius 2 is 1.88 bits per heavy atom. The van der Waals surface area contributed by atoms with Crippen molar-refractivity contribution in [2.45, 2.75) is 0 Å². The lowest BCUT2D eigenvalue weighted by molar-refractivity contribution is 0.0697. The quantitative estimate of drug-likeness (QED) is 0.570. The van der Waals surface area contributed by atoms with Crippen LogP contribution in [0.1, 0.15) is 10.4 Å². The van der Waals surface area contributed by atoms with Crippen molar-refractivity contribution >= 4 is 27.7 Å². The van der Waals surface area contributed by atoms with Gasteiger partial charge >= 0.3 is 5.97 Å². The van der Waals surface area contributed by atoms with Crippen LogP contribution in [-0.2, 0) is 0 Å². The highest BCUT2D eigenvalue weighted by molar-refractivity contribution is 6.06. The van der Waals surface area contributed by atoms with Crippen molar-refractivity contribution in [3.05, 3.63) is 76.8 Å². The molecule has 2 aromatic carbocycles. The first-order valence-corrected chi connectivity index (χ1v) is 7.29. The molecule has 5 nitrogen and oxygen atoms in total. The molecule has 0 amide bonds. The van der Waals surface area contributed by atoms with Gasteiger partial charge in [-0.1, -0.05) is 30.3 Å². The van der Waals surface area contributed by atoms with Gasteiger partial charge in [0.05, 0.1) is 22.2 Å². The highest BCUT2D eigenvalue weighted by Gasteiger charge is 2.18. The first kappa shape index (κ1) is 14.1. The Labute approximate surface area is 135 Å². The summed E-state index contributed by atoms with van der Waals surface area (Å²) in [6.45, 7) is 0. The molecule has 0 bridgehead atoms.